The summed E-state index contributed by atoms with van der Waals surface area (Å²) in [5, 5.41) is 7.52. The van der Waals surface area contributed by atoms with Crippen LogP contribution in [0.3, 0.4) is 0 Å². The van der Waals surface area contributed by atoms with Crippen molar-refractivity contribution in [2.24, 2.45) is 0 Å². The SMILES string of the molecule is CCOc1nnc(Cl)c(Br)c1N. The first-order valence-corrected chi connectivity index (χ1v) is 4.43. The van der Waals surface area contributed by atoms with Crippen molar-refractivity contribution in [1.82, 2.24) is 10.2 Å². The number of anilines is 1. The maximum Gasteiger partial charge on any atom is 0.258 e. The Kier molecular flexibility index (Phi) is 3.11. The van der Waals surface area contributed by atoms with Crippen molar-refractivity contribution in [2.45, 2.75) is 6.92 Å². The average molecular weight is 252 g/mol. The molecule has 2 N–H and O–H groups in total. The van der Waals surface area contributed by atoms with Gasteiger partial charge in [0.1, 0.15) is 5.69 Å². The Morgan fingerprint density at radius 3 is 2.83 bits per heavy atom. The third-order valence-electron chi connectivity index (χ3n) is 1.16. The minimum absolute atomic E-state index is 0.232. The molecule has 0 aliphatic rings. The van der Waals surface area contributed by atoms with Gasteiger partial charge >= 0.3 is 0 Å². The number of ether oxygens (including phenoxy) is 1. The van der Waals surface area contributed by atoms with E-state index in [1.165, 1.54) is 0 Å². The zero-order valence-corrected chi connectivity index (χ0v) is 8.68. The lowest BCUT2D eigenvalue weighted by atomic mass is 10.5. The van der Waals surface area contributed by atoms with Crippen molar-refractivity contribution in [2.75, 3.05) is 12.3 Å². The van der Waals surface area contributed by atoms with Crippen molar-refractivity contribution >= 4 is 33.2 Å². The molecule has 1 heterocycles. The molecule has 0 spiro atoms. The zero-order chi connectivity index (χ0) is 9.14. The molecule has 1 aromatic heterocycles. The summed E-state index contributed by atoms with van der Waals surface area (Å²) < 4.78 is 5.60. The summed E-state index contributed by atoms with van der Waals surface area (Å²) >= 11 is 8.79. The van der Waals surface area contributed by atoms with Gasteiger partial charge in [0, 0.05) is 0 Å². The zero-order valence-electron chi connectivity index (χ0n) is 6.34. The van der Waals surface area contributed by atoms with Crippen LogP contribution in [0.4, 0.5) is 5.69 Å². The predicted molar refractivity (Wildman–Crippen MR) is 50.3 cm³/mol. The number of nitrogens with zero attached hydrogens (tertiary/aromatic N) is 2. The number of nitrogens with two attached hydrogens (primary N) is 1. The molecule has 0 aliphatic heterocycles. The van der Waals surface area contributed by atoms with E-state index in [0.717, 1.165) is 0 Å². The van der Waals surface area contributed by atoms with E-state index < -0.39 is 0 Å². The minimum atomic E-state index is 0.232. The fourth-order valence-corrected chi connectivity index (χ4v) is 1.02. The maximum atomic E-state index is 5.63. The van der Waals surface area contributed by atoms with Gasteiger partial charge in [0.25, 0.3) is 5.88 Å². The molecule has 0 fully saturated rings. The van der Waals surface area contributed by atoms with Gasteiger partial charge in [-0.1, -0.05) is 11.6 Å². The van der Waals surface area contributed by atoms with Crippen molar-refractivity contribution in [3.8, 4) is 5.88 Å². The molecule has 0 unspecified atom stereocenters. The average Bonchev–Trinajstić information content (AvgIpc) is 2.07. The van der Waals surface area contributed by atoms with Crippen LogP contribution in [0.5, 0.6) is 5.88 Å². The fourth-order valence-electron chi connectivity index (χ4n) is 0.635. The van der Waals surface area contributed by atoms with Gasteiger partial charge in [-0.2, -0.15) is 0 Å². The summed E-state index contributed by atoms with van der Waals surface area (Å²) in [7, 11) is 0. The van der Waals surface area contributed by atoms with Gasteiger partial charge in [0.2, 0.25) is 0 Å². The smallest absolute Gasteiger partial charge is 0.258 e. The molecule has 0 bridgehead atoms. The monoisotopic (exact) mass is 251 g/mol. The van der Waals surface area contributed by atoms with E-state index in [1.54, 1.807) is 0 Å². The molecule has 0 aromatic carbocycles. The van der Waals surface area contributed by atoms with Gasteiger partial charge in [0.15, 0.2) is 5.15 Å². The Bertz CT molecular complexity index is 294. The highest BCUT2D eigenvalue weighted by molar-refractivity contribution is 9.10. The van der Waals surface area contributed by atoms with Crippen LogP contribution in [0, 0.1) is 0 Å². The van der Waals surface area contributed by atoms with E-state index in [4.69, 9.17) is 22.1 Å². The fraction of sp³-hybridized carbons (Fsp3) is 0.333. The summed E-state index contributed by atoms with van der Waals surface area (Å²) in [6.07, 6.45) is 0. The highest BCUT2D eigenvalue weighted by Crippen LogP contribution is 2.31. The van der Waals surface area contributed by atoms with Crippen molar-refractivity contribution in [3.63, 3.8) is 0 Å². The molecule has 1 aromatic rings. The molecule has 4 nitrogen and oxygen atoms in total. The van der Waals surface area contributed by atoms with Crippen LogP contribution >= 0.6 is 27.5 Å². The molecule has 12 heavy (non-hydrogen) atoms. The van der Waals surface area contributed by atoms with Crippen molar-refractivity contribution in [1.29, 1.82) is 0 Å². The van der Waals surface area contributed by atoms with Crippen molar-refractivity contribution < 1.29 is 4.74 Å². The van der Waals surface area contributed by atoms with Crippen LogP contribution in [0.1, 0.15) is 6.92 Å². The Morgan fingerprint density at radius 2 is 2.25 bits per heavy atom. The Balaban J connectivity index is 3.08. The number of rotatable bonds is 2. The lowest BCUT2D eigenvalue weighted by Crippen LogP contribution is -2.02. The van der Waals surface area contributed by atoms with Gasteiger partial charge in [-0.25, -0.2) is 0 Å². The molecule has 0 saturated heterocycles. The lowest BCUT2D eigenvalue weighted by molar-refractivity contribution is 0.324. The van der Waals surface area contributed by atoms with Crippen LogP contribution < -0.4 is 10.5 Å². The van der Waals surface area contributed by atoms with E-state index in [9.17, 15) is 0 Å². The van der Waals surface area contributed by atoms with E-state index in [-0.39, 0.29) is 5.15 Å². The van der Waals surface area contributed by atoms with Crippen LogP contribution in [0.25, 0.3) is 0 Å². The van der Waals surface area contributed by atoms with Crippen LogP contribution in [-0.4, -0.2) is 16.8 Å². The second kappa shape index (κ2) is 3.91. The summed E-state index contributed by atoms with van der Waals surface area (Å²) in [6.45, 7) is 2.33. The van der Waals surface area contributed by atoms with Gasteiger partial charge < -0.3 is 10.5 Å². The van der Waals surface area contributed by atoms with Crippen molar-refractivity contribution in [3.05, 3.63) is 9.63 Å². The molecule has 0 radical (unpaired) electrons. The van der Waals surface area contributed by atoms with Gasteiger partial charge in [-0.05, 0) is 22.9 Å². The molecule has 1 rings (SSSR count). The molecule has 0 amide bonds. The molecule has 0 atom stereocenters. The van der Waals surface area contributed by atoms with Crippen LogP contribution in [0.2, 0.25) is 5.15 Å². The molecular formula is C6H7BrClN3O. The first kappa shape index (κ1) is 9.54. The molecular weight excluding hydrogens is 245 g/mol. The number of hydrogen-bond donors (Lipinski definition) is 1. The summed E-state index contributed by atoms with van der Waals surface area (Å²) in [5.41, 5.74) is 5.98. The molecule has 66 valence electrons. The predicted octanol–water partition coefficient (Wildman–Crippen LogP) is 1.87. The Hall–Kier alpha value is -0.550. The standard InChI is InChI=1S/C6H7BrClN3O/c1-2-12-6-4(9)3(7)5(8)10-11-6/h2H2,1H3,(H2,9,10). The summed E-state index contributed by atoms with van der Waals surface area (Å²) in [4.78, 5) is 0. The second-order valence-electron chi connectivity index (χ2n) is 1.96. The highest BCUT2D eigenvalue weighted by Gasteiger charge is 2.10. The normalized spacial score (nSPS) is 9.92. The van der Waals surface area contributed by atoms with Gasteiger partial charge in [-0.15, -0.1) is 10.2 Å². The first-order valence-electron chi connectivity index (χ1n) is 3.26. The third kappa shape index (κ3) is 1.78. The van der Waals surface area contributed by atoms with Crippen LogP contribution in [-0.2, 0) is 0 Å². The largest absolute Gasteiger partial charge is 0.475 e. The number of aromatic nitrogens is 2. The summed E-state index contributed by atoms with van der Waals surface area (Å²) in [5.74, 6) is 0.300. The van der Waals surface area contributed by atoms with Crippen LogP contribution in [0.15, 0.2) is 4.47 Å². The summed E-state index contributed by atoms with van der Waals surface area (Å²) in [6, 6.07) is 0. The maximum absolute atomic E-state index is 5.63. The first-order chi connectivity index (χ1) is 5.66. The van der Waals surface area contributed by atoms with Gasteiger partial charge in [0.05, 0.1) is 11.1 Å². The quantitative estimate of drug-likeness (QED) is 0.873. The lowest BCUT2D eigenvalue weighted by Gasteiger charge is -2.05. The van der Waals surface area contributed by atoms with Gasteiger partial charge in [-0.3, -0.25) is 0 Å². The van der Waals surface area contributed by atoms with E-state index in [0.29, 0.717) is 22.6 Å². The number of nitrogen functional groups attached to an aromatic ring is 1. The highest BCUT2D eigenvalue weighted by atomic mass is 79.9. The second-order valence-corrected chi connectivity index (χ2v) is 3.11. The molecule has 0 aliphatic carbocycles. The van der Waals surface area contributed by atoms with E-state index in [2.05, 4.69) is 26.1 Å². The topological polar surface area (TPSA) is 61.0 Å². The number of hydrogen-bond acceptors (Lipinski definition) is 4. The van der Waals surface area contributed by atoms with E-state index >= 15 is 0 Å². The number of halogens is 2. The minimum Gasteiger partial charge on any atom is -0.475 e. The molecule has 0 saturated carbocycles. The Morgan fingerprint density at radius 1 is 1.58 bits per heavy atom. The van der Waals surface area contributed by atoms with E-state index in [1.807, 2.05) is 6.92 Å². The Labute approximate surface area is 83.2 Å². The third-order valence-corrected chi connectivity index (χ3v) is 2.45. The molecule has 6 heteroatoms.